The highest BCUT2D eigenvalue weighted by Crippen LogP contribution is 2.23. The fourth-order valence-electron chi connectivity index (χ4n) is 3.67. The fourth-order valence-corrected chi connectivity index (χ4v) is 3.67. The van der Waals surface area contributed by atoms with Crippen molar-refractivity contribution in [3.8, 4) is 0 Å². The molecule has 0 radical (unpaired) electrons. The highest BCUT2D eigenvalue weighted by molar-refractivity contribution is 4.87. The van der Waals surface area contributed by atoms with Crippen molar-refractivity contribution in [3.63, 3.8) is 0 Å². The molecule has 2 N–H and O–H groups in total. The van der Waals surface area contributed by atoms with Gasteiger partial charge in [-0.25, -0.2) is 0 Å². The first-order valence-corrected chi connectivity index (χ1v) is 7.96. The molecule has 2 fully saturated rings. The predicted molar refractivity (Wildman–Crippen MR) is 77.7 cm³/mol. The molecule has 106 valence electrons. The lowest BCUT2D eigenvalue weighted by Crippen LogP contribution is -2.53. The zero-order valence-electron chi connectivity index (χ0n) is 12.3. The van der Waals surface area contributed by atoms with Crippen molar-refractivity contribution < 1.29 is 0 Å². The molecule has 2 heterocycles. The lowest BCUT2D eigenvalue weighted by molar-refractivity contribution is 0.0775. The minimum absolute atomic E-state index is 0.423. The maximum atomic E-state index is 6.35. The van der Waals surface area contributed by atoms with Crippen molar-refractivity contribution in [2.45, 2.75) is 58.0 Å². The molecule has 0 aromatic carbocycles. The second kappa shape index (κ2) is 6.88. The molecule has 3 nitrogen and oxygen atoms in total. The van der Waals surface area contributed by atoms with Crippen molar-refractivity contribution >= 4 is 0 Å². The highest BCUT2D eigenvalue weighted by atomic mass is 15.2. The van der Waals surface area contributed by atoms with Crippen LogP contribution in [0.25, 0.3) is 0 Å². The standard InChI is InChI=1S/C15H31N3/c1-3-14-7-5-6-9-18(14)12-13-11-17(4-2)10-8-15(13)16/h13-15H,3-12,16H2,1-2H3. The summed E-state index contributed by atoms with van der Waals surface area (Å²) in [6, 6.07) is 1.25. The van der Waals surface area contributed by atoms with Crippen LogP contribution in [0.2, 0.25) is 0 Å². The molecule has 0 aliphatic carbocycles. The van der Waals surface area contributed by atoms with E-state index in [0.717, 1.165) is 6.04 Å². The summed E-state index contributed by atoms with van der Waals surface area (Å²) in [6.07, 6.45) is 6.70. The third-order valence-corrected chi connectivity index (χ3v) is 5.01. The smallest absolute Gasteiger partial charge is 0.0104 e. The minimum Gasteiger partial charge on any atom is -0.327 e. The predicted octanol–water partition coefficient (Wildman–Crippen LogP) is 1.92. The number of nitrogens with two attached hydrogens (primary N) is 1. The molecule has 2 saturated heterocycles. The Morgan fingerprint density at radius 2 is 1.94 bits per heavy atom. The van der Waals surface area contributed by atoms with Gasteiger partial charge in [-0.1, -0.05) is 20.3 Å². The average molecular weight is 253 g/mol. The quantitative estimate of drug-likeness (QED) is 0.831. The van der Waals surface area contributed by atoms with Crippen LogP contribution in [-0.2, 0) is 0 Å². The summed E-state index contributed by atoms with van der Waals surface area (Å²) >= 11 is 0. The molecule has 18 heavy (non-hydrogen) atoms. The first-order valence-electron chi connectivity index (χ1n) is 7.96. The lowest BCUT2D eigenvalue weighted by Gasteiger charge is -2.42. The molecule has 0 saturated carbocycles. The van der Waals surface area contributed by atoms with E-state index in [1.165, 1.54) is 64.8 Å². The molecule has 3 atom stereocenters. The van der Waals surface area contributed by atoms with E-state index >= 15 is 0 Å². The van der Waals surface area contributed by atoms with Crippen molar-refractivity contribution in [3.05, 3.63) is 0 Å². The summed E-state index contributed by atoms with van der Waals surface area (Å²) in [6.45, 7) is 10.7. The van der Waals surface area contributed by atoms with Gasteiger partial charge in [0.05, 0.1) is 0 Å². The zero-order valence-corrected chi connectivity index (χ0v) is 12.3. The van der Waals surface area contributed by atoms with Crippen LogP contribution in [-0.4, -0.2) is 54.6 Å². The Morgan fingerprint density at radius 1 is 1.11 bits per heavy atom. The molecule has 0 aromatic heterocycles. The van der Waals surface area contributed by atoms with Crippen LogP contribution in [0, 0.1) is 5.92 Å². The molecular weight excluding hydrogens is 222 g/mol. The Kier molecular flexibility index (Phi) is 5.46. The van der Waals surface area contributed by atoms with Gasteiger partial charge in [0, 0.05) is 25.2 Å². The first-order chi connectivity index (χ1) is 8.74. The van der Waals surface area contributed by atoms with E-state index in [9.17, 15) is 0 Å². The molecule has 3 unspecified atom stereocenters. The summed E-state index contributed by atoms with van der Waals surface area (Å²) in [5, 5.41) is 0. The Morgan fingerprint density at radius 3 is 2.67 bits per heavy atom. The van der Waals surface area contributed by atoms with Crippen LogP contribution in [0.1, 0.15) is 46.0 Å². The highest BCUT2D eigenvalue weighted by Gasteiger charge is 2.30. The van der Waals surface area contributed by atoms with Crippen molar-refractivity contribution in [2.24, 2.45) is 11.7 Å². The minimum atomic E-state index is 0.423. The van der Waals surface area contributed by atoms with E-state index in [2.05, 4.69) is 23.6 Å². The lowest BCUT2D eigenvalue weighted by atomic mass is 9.90. The summed E-state index contributed by atoms with van der Waals surface area (Å²) < 4.78 is 0. The third kappa shape index (κ3) is 3.46. The SMILES string of the molecule is CCC1CCCCN1CC1CN(CC)CCC1N. The monoisotopic (exact) mass is 253 g/mol. The topological polar surface area (TPSA) is 32.5 Å². The molecule has 2 rings (SSSR count). The van der Waals surface area contributed by atoms with Gasteiger partial charge in [0.25, 0.3) is 0 Å². The van der Waals surface area contributed by atoms with Crippen LogP contribution >= 0.6 is 0 Å². The average Bonchev–Trinajstić information content (AvgIpc) is 2.42. The largest absolute Gasteiger partial charge is 0.327 e. The molecule has 2 aliphatic heterocycles. The Hall–Kier alpha value is -0.120. The van der Waals surface area contributed by atoms with Crippen LogP contribution in [0.3, 0.4) is 0 Å². The number of hydrogen-bond donors (Lipinski definition) is 1. The van der Waals surface area contributed by atoms with Gasteiger partial charge in [0.15, 0.2) is 0 Å². The summed E-state index contributed by atoms with van der Waals surface area (Å²) in [5.41, 5.74) is 6.35. The first kappa shape index (κ1) is 14.3. The van der Waals surface area contributed by atoms with Gasteiger partial charge in [0.2, 0.25) is 0 Å². The zero-order chi connectivity index (χ0) is 13.0. The van der Waals surface area contributed by atoms with Crippen molar-refractivity contribution in [1.29, 1.82) is 0 Å². The second-order valence-corrected chi connectivity index (χ2v) is 6.16. The third-order valence-electron chi connectivity index (χ3n) is 5.01. The number of nitrogens with zero attached hydrogens (tertiary/aromatic N) is 2. The van der Waals surface area contributed by atoms with Gasteiger partial charge in [-0.2, -0.15) is 0 Å². The van der Waals surface area contributed by atoms with Gasteiger partial charge >= 0.3 is 0 Å². The van der Waals surface area contributed by atoms with E-state index in [-0.39, 0.29) is 0 Å². The number of rotatable bonds is 4. The Bertz CT molecular complexity index is 244. The van der Waals surface area contributed by atoms with Crippen molar-refractivity contribution in [1.82, 2.24) is 9.80 Å². The fraction of sp³-hybridized carbons (Fsp3) is 1.00. The molecule has 0 amide bonds. The van der Waals surface area contributed by atoms with E-state index in [0.29, 0.717) is 12.0 Å². The van der Waals surface area contributed by atoms with Crippen LogP contribution in [0.5, 0.6) is 0 Å². The van der Waals surface area contributed by atoms with Gasteiger partial charge in [-0.05, 0) is 51.2 Å². The summed E-state index contributed by atoms with van der Waals surface area (Å²) in [5.74, 6) is 0.686. The number of likely N-dealkylation sites (tertiary alicyclic amines) is 2. The number of hydrogen-bond acceptors (Lipinski definition) is 3. The van der Waals surface area contributed by atoms with Gasteiger partial charge in [-0.3, -0.25) is 0 Å². The summed E-state index contributed by atoms with van der Waals surface area (Å²) in [4.78, 5) is 5.30. The maximum absolute atomic E-state index is 6.35. The molecule has 3 heteroatoms. The number of piperidine rings is 2. The van der Waals surface area contributed by atoms with E-state index in [4.69, 9.17) is 5.73 Å². The van der Waals surface area contributed by atoms with Crippen LogP contribution in [0.4, 0.5) is 0 Å². The molecule has 0 aromatic rings. The Labute approximate surface area is 113 Å². The van der Waals surface area contributed by atoms with Gasteiger partial charge < -0.3 is 15.5 Å². The van der Waals surface area contributed by atoms with E-state index in [1.54, 1.807) is 0 Å². The van der Waals surface area contributed by atoms with Gasteiger partial charge in [0.1, 0.15) is 0 Å². The van der Waals surface area contributed by atoms with E-state index < -0.39 is 0 Å². The van der Waals surface area contributed by atoms with Crippen LogP contribution < -0.4 is 5.73 Å². The molecule has 2 aliphatic rings. The van der Waals surface area contributed by atoms with Crippen molar-refractivity contribution in [2.75, 3.05) is 32.7 Å². The molecular formula is C15H31N3. The summed E-state index contributed by atoms with van der Waals surface area (Å²) in [7, 11) is 0. The second-order valence-electron chi connectivity index (χ2n) is 6.16. The molecule has 0 spiro atoms. The van der Waals surface area contributed by atoms with Crippen LogP contribution in [0.15, 0.2) is 0 Å². The Balaban J connectivity index is 1.89. The molecule has 0 bridgehead atoms. The maximum Gasteiger partial charge on any atom is 0.0104 e. The normalized spacial score (nSPS) is 35.8. The van der Waals surface area contributed by atoms with E-state index in [1.807, 2.05) is 0 Å². The van der Waals surface area contributed by atoms with Gasteiger partial charge in [-0.15, -0.1) is 0 Å².